The highest BCUT2D eigenvalue weighted by atomic mass is 16.5. The SMILES string of the molecule is CCCC(=O)N(O)Cc1cc2ccccc2o1. The maximum atomic E-state index is 11.4. The number of benzene rings is 1. The summed E-state index contributed by atoms with van der Waals surface area (Å²) in [7, 11) is 0. The van der Waals surface area contributed by atoms with Crippen LogP contribution in [-0.4, -0.2) is 16.2 Å². The number of para-hydroxylation sites is 1. The Kier molecular flexibility index (Phi) is 3.44. The number of rotatable bonds is 4. The first kappa shape index (κ1) is 11.7. The van der Waals surface area contributed by atoms with Crippen molar-refractivity contribution in [2.75, 3.05) is 0 Å². The number of nitrogens with zero attached hydrogens (tertiary/aromatic N) is 1. The van der Waals surface area contributed by atoms with Crippen molar-refractivity contribution in [3.8, 4) is 0 Å². The summed E-state index contributed by atoms with van der Waals surface area (Å²) in [4.78, 5) is 11.4. The van der Waals surface area contributed by atoms with E-state index >= 15 is 0 Å². The lowest BCUT2D eigenvalue weighted by Crippen LogP contribution is -2.26. The molecular weight excluding hydrogens is 218 g/mol. The molecule has 1 N–H and O–H groups in total. The number of furan rings is 1. The fraction of sp³-hybridized carbons (Fsp3) is 0.308. The van der Waals surface area contributed by atoms with E-state index in [1.54, 1.807) is 0 Å². The van der Waals surface area contributed by atoms with Crippen molar-refractivity contribution in [2.45, 2.75) is 26.3 Å². The molecule has 2 rings (SSSR count). The Morgan fingerprint density at radius 3 is 2.88 bits per heavy atom. The molecule has 0 aliphatic heterocycles. The molecule has 0 saturated carbocycles. The van der Waals surface area contributed by atoms with Crippen LogP contribution in [0.1, 0.15) is 25.5 Å². The second-order valence-corrected chi connectivity index (χ2v) is 3.95. The van der Waals surface area contributed by atoms with Gasteiger partial charge in [0.1, 0.15) is 17.9 Å². The normalized spacial score (nSPS) is 10.7. The van der Waals surface area contributed by atoms with E-state index in [-0.39, 0.29) is 12.5 Å². The van der Waals surface area contributed by atoms with Crippen molar-refractivity contribution in [3.63, 3.8) is 0 Å². The maximum absolute atomic E-state index is 11.4. The Morgan fingerprint density at radius 1 is 1.41 bits per heavy atom. The van der Waals surface area contributed by atoms with Crippen molar-refractivity contribution < 1.29 is 14.4 Å². The molecule has 0 bridgehead atoms. The minimum absolute atomic E-state index is 0.0908. The first-order chi connectivity index (χ1) is 8.20. The summed E-state index contributed by atoms with van der Waals surface area (Å²) >= 11 is 0. The van der Waals surface area contributed by atoms with E-state index in [2.05, 4.69) is 0 Å². The molecule has 2 aromatic rings. The van der Waals surface area contributed by atoms with E-state index in [0.29, 0.717) is 17.2 Å². The summed E-state index contributed by atoms with van der Waals surface area (Å²) in [5.74, 6) is 0.297. The zero-order chi connectivity index (χ0) is 12.3. The highest BCUT2D eigenvalue weighted by molar-refractivity contribution is 5.78. The number of hydrogen-bond acceptors (Lipinski definition) is 3. The van der Waals surface area contributed by atoms with E-state index in [9.17, 15) is 10.0 Å². The number of fused-ring (bicyclic) bond motifs is 1. The molecule has 1 aromatic carbocycles. The Balaban J connectivity index is 2.10. The lowest BCUT2D eigenvalue weighted by atomic mass is 10.2. The van der Waals surface area contributed by atoms with Crippen LogP contribution in [0.5, 0.6) is 0 Å². The van der Waals surface area contributed by atoms with Crippen molar-refractivity contribution in [1.82, 2.24) is 5.06 Å². The molecule has 1 heterocycles. The summed E-state index contributed by atoms with van der Waals surface area (Å²) in [5, 5.41) is 11.2. The van der Waals surface area contributed by atoms with Crippen molar-refractivity contribution in [1.29, 1.82) is 0 Å². The molecule has 4 nitrogen and oxygen atoms in total. The fourth-order valence-electron chi connectivity index (χ4n) is 1.69. The molecule has 0 saturated heterocycles. The molecule has 0 aliphatic carbocycles. The molecule has 1 amide bonds. The van der Waals surface area contributed by atoms with Gasteiger partial charge in [-0.05, 0) is 18.6 Å². The van der Waals surface area contributed by atoms with Gasteiger partial charge in [0.2, 0.25) is 5.91 Å². The molecule has 0 aliphatic rings. The molecule has 90 valence electrons. The lowest BCUT2D eigenvalue weighted by molar-refractivity contribution is -0.168. The molecule has 0 radical (unpaired) electrons. The third kappa shape index (κ3) is 2.65. The van der Waals surface area contributed by atoms with Gasteiger partial charge in [-0.25, -0.2) is 5.06 Å². The van der Waals surface area contributed by atoms with Gasteiger partial charge in [-0.2, -0.15) is 0 Å². The van der Waals surface area contributed by atoms with E-state index in [1.807, 2.05) is 37.3 Å². The first-order valence-electron chi connectivity index (χ1n) is 5.67. The average Bonchev–Trinajstić information content (AvgIpc) is 2.71. The molecule has 0 spiro atoms. The zero-order valence-corrected chi connectivity index (χ0v) is 9.72. The van der Waals surface area contributed by atoms with Crippen LogP contribution in [-0.2, 0) is 11.3 Å². The largest absolute Gasteiger partial charge is 0.459 e. The van der Waals surface area contributed by atoms with Crippen LogP contribution in [0, 0.1) is 0 Å². The van der Waals surface area contributed by atoms with Gasteiger partial charge in [0, 0.05) is 11.8 Å². The fourth-order valence-corrected chi connectivity index (χ4v) is 1.69. The van der Waals surface area contributed by atoms with Crippen LogP contribution in [0.25, 0.3) is 11.0 Å². The van der Waals surface area contributed by atoms with Gasteiger partial charge in [0.15, 0.2) is 0 Å². The minimum Gasteiger partial charge on any atom is -0.459 e. The topological polar surface area (TPSA) is 53.7 Å². The van der Waals surface area contributed by atoms with E-state index in [1.165, 1.54) is 0 Å². The third-order valence-corrected chi connectivity index (χ3v) is 2.53. The van der Waals surface area contributed by atoms with Crippen LogP contribution < -0.4 is 0 Å². The van der Waals surface area contributed by atoms with Crippen molar-refractivity contribution in [2.24, 2.45) is 0 Å². The summed E-state index contributed by atoms with van der Waals surface area (Å²) < 4.78 is 5.51. The van der Waals surface area contributed by atoms with E-state index in [4.69, 9.17) is 4.42 Å². The Bertz CT molecular complexity index is 485. The smallest absolute Gasteiger partial charge is 0.246 e. The Labute approximate surface area is 99.4 Å². The highest BCUT2D eigenvalue weighted by Crippen LogP contribution is 2.19. The van der Waals surface area contributed by atoms with Crippen LogP contribution in [0.4, 0.5) is 0 Å². The summed E-state index contributed by atoms with van der Waals surface area (Å²) in [6.45, 7) is 1.99. The van der Waals surface area contributed by atoms with Crippen LogP contribution in [0.15, 0.2) is 34.7 Å². The molecule has 0 unspecified atom stereocenters. The molecule has 1 aromatic heterocycles. The zero-order valence-electron chi connectivity index (χ0n) is 9.72. The quantitative estimate of drug-likeness (QED) is 0.652. The molecule has 17 heavy (non-hydrogen) atoms. The van der Waals surface area contributed by atoms with Crippen molar-refractivity contribution >= 4 is 16.9 Å². The monoisotopic (exact) mass is 233 g/mol. The van der Waals surface area contributed by atoms with Gasteiger partial charge in [0.25, 0.3) is 0 Å². The average molecular weight is 233 g/mol. The lowest BCUT2D eigenvalue weighted by Gasteiger charge is -2.12. The Morgan fingerprint density at radius 2 is 2.18 bits per heavy atom. The molecule has 0 fully saturated rings. The van der Waals surface area contributed by atoms with Gasteiger partial charge in [-0.3, -0.25) is 10.0 Å². The Hall–Kier alpha value is -1.81. The maximum Gasteiger partial charge on any atom is 0.246 e. The highest BCUT2D eigenvalue weighted by Gasteiger charge is 2.12. The van der Waals surface area contributed by atoms with Gasteiger partial charge in [-0.15, -0.1) is 0 Å². The van der Waals surface area contributed by atoms with E-state index in [0.717, 1.165) is 17.4 Å². The second-order valence-electron chi connectivity index (χ2n) is 3.95. The van der Waals surface area contributed by atoms with Gasteiger partial charge >= 0.3 is 0 Å². The first-order valence-corrected chi connectivity index (χ1v) is 5.67. The van der Waals surface area contributed by atoms with Gasteiger partial charge < -0.3 is 4.42 Å². The second kappa shape index (κ2) is 5.01. The van der Waals surface area contributed by atoms with Gasteiger partial charge in [-0.1, -0.05) is 25.1 Å². The van der Waals surface area contributed by atoms with Gasteiger partial charge in [0.05, 0.1) is 0 Å². The van der Waals surface area contributed by atoms with Crippen LogP contribution in [0.3, 0.4) is 0 Å². The summed E-state index contributed by atoms with van der Waals surface area (Å²) in [6, 6.07) is 9.42. The molecular formula is C13H15NO3. The predicted octanol–water partition coefficient (Wildman–Crippen LogP) is 2.95. The van der Waals surface area contributed by atoms with Crippen LogP contribution >= 0.6 is 0 Å². The summed E-state index contributed by atoms with van der Waals surface area (Å²) in [6.07, 6.45) is 1.06. The molecule has 4 heteroatoms. The number of hydrogen-bond donors (Lipinski definition) is 1. The number of hydroxylamine groups is 2. The number of carbonyl (C=O) groups is 1. The van der Waals surface area contributed by atoms with Crippen molar-refractivity contribution in [3.05, 3.63) is 36.1 Å². The number of amides is 1. The molecule has 0 atom stereocenters. The predicted molar refractivity (Wildman–Crippen MR) is 63.5 cm³/mol. The minimum atomic E-state index is -0.284. The number of carbonyl (C=O) groups excluding carboxylic acids is 1. The standard InChI is InChI=1S/C13H15NO3/c1-2-5-13(15)14(16)9-11-8-10-6-3-4-7-12(10)17-11/h3-4,6-8,16H,2,5,9H2,1H3. The third-order valence-electron chi connectivity index (χ3n) is 2.53. The van der Waals surface area contributed by atoms with Crippen LogP contribution in [0.2, 0.25) is 0 Å². The summed E-state index contributed by atoms with van der Waals surface area (Å²) in [5.41, 5.74) is 0.763. The van der Waals surface area contributed by atoms with E-state index < -0.39 is 0 Å².